The summed E-state index contributed by atoms with van der Waals surface area (Å²) >= 11 is 0. The second-order valence-electron chi connectivity index (χ2n) is 5.78. The van der Waals surface area contributed by atoms with Gasteiger partial charge in [0.1, 0.15) is 6.04 Å². The molecule has 2 atom stereocenters. The molecule has 1 heterocycles. The number of carboxylic acids is 1. The van der Waals surface area contributed by atoms with Crippen molar-refractivity contribution in [3.63, 3.8) is 0 Å². The van der Waals surface area contributed by atoms with Gasteiger partial charge in [-0.15, -0.1) is 0 Å². The SMILES string of the molecule is CCCCC(NC(=O)NCC1CN(C)CCN1C)C(=O)O. The summed E-state index contributed by atoms with van der Waals surface area (Å²) in [5, 5.41) is 14.4. The van der Waals surface area contributed by atoms with Crippen molar-refractivity contribution in [3.05, 3.63) is 0 Å². The van der Waals surface area contributed by atoms with E-state index in [2.05, 4.69) is 27.5 Å². The fourth-order valence-electron chi connectivity index (χ4n) is 2.41. The van der Waals surface area contributed by atoms with Crippen LogP contribution in [0.15, 0.2) is 0 Å². The summed E-state index contributed by atoms with van der Waals surface area (Å²) < 4.78 is 0. The van der Waals surface area contributed by atoms with Crippen molar-refractivity contribution in [1.29, 1.82) is 0 Å². The number of carbonyl (C=O) groups is 2. The summed E-state index contributed by atoms with van der Waals surface area (Å²) in [5.41, 5.74) is 0. The Balaban J connectivity index is 2.36. The first-order chi connectivity index (χ1) is 9.93. The van der Waals surface area contributed by atoms with Crippen LogP contribution in [-0.4, -0.2) is 79.3 Å². The molecule has 1 aliphatic heterocycles. The highest BCUT2D eigenvalue weighted by atomic mass is 16.4. The van der Waals surface area contributed by atoms with E-state index in [-0.39, 0.29) is 6.04 Å². The van der Waals surface area contributed by atoms with Gasteiger partial charge in [0.05, 0.1) is 0 Å². The van der Waals surface area contributed by atoms with Crippen molar-refractivity contribution in [2.45, 2.75) is 38.3 Å². The number of amides is 2. The molecule has 0 aromatic rings. The Labute approximate surface area is 126 Å². The fourth-order valence-corrected chi connectivity index (χ4v) is 2.41. The molecule has 0 aromatic heterocycles. The summed E-state index contributed by atoms with van der Waals surface area (Å²) in [7, 11) is 4.10. The van der Waals surface area contributed by atoms with Crippen LogP contribution in [0.1, 0.15) is 26.2 Å². The summed E-state index contributed by atoms with van der Waals surface area (Å²) in [6.07, 6.45) is 2.16. The molecule has 2 amide bonds. The van der Waals surface area contributed by atoms with Crippen molar-refractivity contribution < 1.29 is 14.7 Å². The highest BCUT2D eigenvalue weighted by Gasteiger charge is 2.23. The van der Waals surface area contributed by atoms with Crippen LogP contribution in [0.5, 0.6) is 0 Å². The number of unbranched alkanes of at least 4 members (excludes halogenated alkanes) is 1. The molecular weight excluding hydrogens is 272 g/mol. The Morgan fingerprint density at radius 1 is 1.33 bits per heavy atom. The molecule has 1 saturated heterocycles. The van der Waals surface area contributed by atoms with Crippen LogP contribution in [0.4, 0.5) is 4.79 Å². The van der Waals surface area contributed by atoms with Gasteiger partial charge in [0.25, 0.3) is 0 Å². The Kier molecular flexibility index (Phi) is 7.45. The van der Waals surface area contributed by atoms with E-state index >= 15 is 0 Å². The molecule has 0 radical (unpaired) electrons. The number of aliphatic carboxylic acids is 1. The zero-order chi connectivity index (χ0) is 15.8. The summed E-state index contributed by atoms with van der Waals surface area (Å²) in [6.45, 7) is 5.41. The average Bonchev–Trinajstić information content (AvgIpc) is 2.44. The minimum atomic E-state index is -0.979. The van der Waals surface area contributed by atoms with Gasteiger partial charge in [-0.25, -0.2) is 9.59 Å². The van der Waals surface area contributed by atoms with Gasteiger partial charge in [0.2, 0.25) is 0 Å². The Hall–Kier alpha value is -1.34. The van der Waals surface area contributed by atoms with Crippen molar-refractivity contribution in [1.82, 2.24) is 20.4 Å². The van der Waals surface area contributed by atoms with Gasteiger partial charge in [-0.3, -0.25) is 4.90 Å². The first-order valence-electron chi connectivity index (χ1n) is 7.60. The van der Waals surface area contributed by atoms with E-state index in [0.717, 1.165) is 32.5 Å². The summed E-state index contributed by atoms with van der Waals surface area (Å²) in [6, 6.07) is -0.953. The molecule has 0 aliphatic carbocycles. The topological polar surface area (TPSA) is 84.9 Å². The third kappa shape index (κ3) is 6.31. The number of hydrogen-bond acceptors (Lipinski definition) is 4. The smallest absolute Gasteiger partial charge is 0.326 e. The number of carboxylic acid groups (broad SMARTS) is 1. The number of nitrogens with one attached hydrogen (secondary N) is 2. The van der Waals surface area contributed by atoms with Crippen LogP contribution >= 0.6 is 0 Å². The minimum Gasteiger partial charge on any atom is -0.480 e. The van der Waals surface area contributed by atoms with Crippen LogP contribution in [0.2, 0.25) is 0 Å². The molecule has 3 N–H and O–H groups in total. The minimum absolute atomic E-state index is 0.258. The van der Waals surface area contributed by atoms with Gasteiger partial charge in [-0.1, -0.05) is 19.8 Å². The van der Waals surface area contributed by atoms with E-state index < -0.39 is 18.0 Å². The lowest BCUT2D eigenvalue weighted by Crippen LogP contribution is -2.56. The van der Waals surface area contributed by atoms with Crippen LogP contribution < -0.4 is 10.6 Å². The van der Waals surface area contributed by atoms with E-state index in [0.29, 0.717) is 13.0 Å². The van der Waals surface area contributed by atoms with Crippen molar-refractivity contribution >= 4 is 12.0 Å². The lowest BCUT2D eigenvalue weighted by molar-refractivity contribution is -0.139. The number of piperazine rings is 1. The molecule has 122 valence electrons. The molecule has 0 bridgehead atoms. The number of urea groups is 1. The molecule has 21 heavy (non-hydrogen) atoms. The normalized spacial score (nSPS) is 21.8. The van der Waals surface area contributed by atoms with Crippen LogP contribution in [-0.2, 0) is 4.79 Å². The number of likely N-dealkylation sites (N-methyl/N-ethyl adjacent to an activating group) is 2. The largest absolute Gasteiger partial charge is 0.480 e. The summed E-state index contributed by atoms with van der Waals surface area (Å²) in [5.74, 6) is -0.979. The zero-order valence-electron chi connectivity index (χ0n) is 13.3. The maximum Gasteiger partial charge on any atom is 0.326 e. The molecule has 1 fully saturated rings. The monoisotopic (exact) mass is 300 g/mol. The number of hydrogen-bond donors (Lipinski definition) is 3. The Morgan fingerprint density at radius 2 is 2.05 bits per heavy atom. The highest BCUT2D eigenvalue weighted by Crippen LogP contribution is 2.05. The fraction of sp³-hybridized carbons (Fsp3) is 0.857. The maximum absolute atomic E-state index is 11.8. The standard InChI is InChI=1S/C14H28N4O3/c1-4-5-6-12(13(19)20)16-14(21)15-9-11-10-17(2)7-8-18(11)3/h11-12H,4-10H2,1-3H3,(H,19,20)(H2,15,16,21). The highest BCUT2D eigenvalue weighted by molar-refractivity contribution is 5.82. The quantitative estimate of drug-likeness (QED) is 0.624. The Bertz CT molecular complexity index is 351. The first kappa shape index (κ1) is 17.7. The third-order valence-electron chi connectivity index (χ3n) is 3.93. The van der Waals surface area contributed by atoms with Crippen molar-refractivity contribution in [2.75, 3.05) is 40.3 Å². The zero-order valence-corrected chi connectivity index (χ0v) is 13.3. The number of rotatable bonds is 7. The van der Waals surface area contributed by atoms with E-state index in [4.69, 9.17) is 5.11 Å². The van der Waals surface area contributed by atoms with E-state index in [9.17, 15) is 9.59 Å². The van der Waals surface area contributed by atoms with Crippen LogP contribution in [0, 0.1) is 0 Å². The van der Waals surface area contributed by atoms with E-state index in [1.807, 2.05) is 14.0 Å². The second kappa shape index (κ2) is 8.84. The molecule has 7 heteroatoms. The van der Waals surface area contributed by atoms with Gasteiger partial charge >= 0.3 is 12.0 Å². The van der Waals surface area contributed by atoms with Gasteiger partial charge in [0.15, 0.2) is 0 Å². The van der Waals surface area contributed by atoms with Gasteiger partial charge in [0, 0.05) is 32.2 Å². The lowest BCUT2D eigenvalue weighted by atomic mass is 10.1. The molecule has 1 rings (SSSR count). The van der Waals surface area contributed by atoms with Gasteiger partial charge in [-0.2, -0.15) is 0 Å². The molecule has 1 aliphatic rings. The van der Waals surface area contributed by atoms with Crippen LogP contribution in [0.3, 0.4) is 0 Å². The molecule has 0 saturated carbocycles. The number of nitrogens with zero attached hydrogens (tertiary/aromatic N) is 2. The predicted molar refractivity (Wildman–Crippen MR) is 81.4 cm³/mol. The maximum atomic E-state index is 11.8. The average molecular weight is 300 g/mol. The predicted octanol–water partition coefficient (Wildman–Crippen LogP) is 0.175. The number of carbonyl (C=O) groups excluding carboxylic acids is 1. The third-order valence-corrected chi connectivity index (χ3v) is 3.93. The molecule has 0 aromatic carbocycles. The van der Waals surface area contributed by atoms with Gasteiger partial charge < -0.3 is 20.6 Å². The lowest BCUT2D eigenvalue weighted by Gasteiger charge is -2.37. The first-order valence-corrected chi connectivity index (χ1v) is 7.60. The van der Waals surface area contributed by atoms with Crippen molar-refractivity contribution in [3.8, 4) is 0 Å². The van der Waals surface area contributed by atoms with E-state index in [1.54, 1.807) is 0 Å². The Morgan fingerprint density at radius 3 is 2.67 bits per heavy atom. The molecule has 0 spiro atoms. The molecule has 7 nitrogen and oxygen atoms in total. The second-order valence-corrected chi connectivity index (χ2v) is 5.78. The summed E-state index contributed by atoms with van der Waals surface area (Å²) in [4.78, 5) is 27.4. The van der Waals surface area contributed by atoms with E-state index in [1.165, 1.54) is 0 Å². The van der Waals surface area contributed by atoms with Crippen molar-refractivity contribution in [2.24, 2.45) is 0 Å². The molecule has 2 unspecified atom stereocenters. The van der Waals surface area contributed by atoms with Crippen LogP contribution in [0.25, 0.3) is 0 Å². The molecular formula is C14H28N4O3. The van der Waals surface area contributed by atoms with Gasteiger partial charge in [-0.05, 0) is 20.5 Å².